The molecule has 0 aromatic heterocycles. The zero-order chi connectivity index (χ0) is 10.7. The van der Waals surface area contributed by atoms with E-state index in [1.807, 2.05) is 0 Å². The molecule has 15 heavy (non-hydrogen) atoms. The van der Waals surface area contributed by atoms with E-state index in [4.69, 9.17) is 5.73 Å². The maximum atomic E-state index is 11.6. The maximum Gasteiger partial charge on any atom is 0.251 e. The summed E-state index contributed by atoms with van der Waals surface area (Å²) in [7, 11) is 0. The third-order valence-corrected chi connectivity index (χ3v) is 2.95. The third kappa shape index (κ3) is 2.49. The predicted molar refractivity (Wildman–Crippen MR) is 60.5 cm³/mol. The van der Waals surface area contributed by atoms with Crippen LogP contribution in [0.4, 0.5) is 5.69 Å². The molecule has 1 aromatic carbocycles. The Morgan fingerprint density at radius 2 is 2.00 bits per heavy atom. The Balaban J connectivity index is 1.86. The zero-order valence-corrected chi connectivity index (χ0v) is 8.70. The minimum atomic E-state index is 0.00176. The number of anilines is 1. The Bertz CT molecular complexity index is 341. The van der Waals surface area contributed by atoms with Gasteiger partial charge in [0.15, 0.2) is 0 Å². The van der Waals surface area contributed by atoms with Gasteiger partial charge in [-0.15, -0.1) is 0 Å². The quantitative estimate of drug-likeness (QED) is 0.738. The summed E-state index contributed by atoms with van der Waals surface area (Å²) in [5, 5.41) is 2.94. The third-order valence-electron chi connectivity index (χ3n) is 2.95. The second-order valence-electron chi connectivity index (χ2n) is 4.13. The number of nitrogen functional groups attached to an aromatic ring is 1. The molecule has 1 fully saturated rings. The topological polar surface area (TPSA) is 55.1 Å². The van der Waals surface area contributed by atoms with Crippen LogP contribution in [0.1, 0.15) is 29.6 Å². The van der Waals surface area contributed by atoms with E-state index in [1.165, 1.54) is 19.3 Å². The minimum Gasteiger partial charge on any atom is -0.399 e. The van der Waals surface area contributed by atoms with Gasteiger partial charge in [-0.05, 0) is 43.0 Å². The monoisotopic (exact) mass is 204 g/mol. The Hall–Kier alpha value is -1.51. The fraction of sp³-hybridized carbons (Fsp3) is 0.417. The number of nitrogens with one attached hydrogen (secondary N) is 1. The fourth-order valence-corrected chi connectivity index (χ4v) is 1.67. The zero-order valence-electron chi connectivity index (χ0n) is 8.70. The first-order valence-electron chi connectivity index (χ1n) is 5.39. The summed E-state index contributed by atoms with van der Waals surface area (Å²) < 4.78 is 0. The number of rotatable bonds is 3. The van der Waals surface area contributed by atoms with Gasteiger partial charge < -0.3 is 11.1 Å². The smallest absolute Gasteiger partial charge is 0.251 e. The largest absolute Gasteiger partial charge is 0.399 e. The second kappa shape index (κ2) is 4.34. The van der Waals surface area contributed by atoms with Crippen LogP contribution in [-0.4, -0.2) is 12.5 Å². The summed E-state index contributed by atoms with van der Waals surface area (Å²) in [4.78, 5) is 11.6. The minimum absolute atomic E-state index is 0.00176. The van der Waals surface area contributed by atoms with Gasteiger partial charge in [0.2, 0.25) is 0 Å². The van der Waals surface area contributed by atoms with Crippen LogP contribution in [0.5, 0.6) is 0 Å². The molecule has 1 saturated carbocycles. The summed E-state index contributed by atoms with van der Waals surface area (Å²) in [6.45, 7) is 0.809. The van der Waals surface area contributed by atoms with Gasteiger partial charge in [-0.25, -0.2) is 0 Å². The SMILES string of the molecule is Nc1ccc(C(=O)NCC2CCC2)cc1. The molecule has 1 aliphatic carbocycles. The number of carbonyl (C=O) groups is 1. The lowest BCUT2D eigenvalue weighted by molar-refractivity contribution is 0.0939. The summed E-state index contributed by atoms with van der Waals surface area (Å²) in [5.74, 6) is 0.699. The Kier molecular flexibility index (Phi) is 2.90. The van der Waals surface area contributed by atoms with Crippen molar-refractivity contribution < 1.29 is 4.79 Å². The Morgan fingerprint density at radius 3 is 2.53 bits per heavy atom. The molecule has 80 valence electrons. The van der Waals surface area contributed by atoms with Gasteiger partial charge in [0.25, 0.3) is 5.91 Å². The summed E-state index contributed by atoms with van der Waals surface area (Å²) in [5.41, 5.74) is 6.92. The lowest BCUT2D eigenvalue weighted by atomic mass is 9.85. The highest BCUT2D eigenvalue weighted by molar-refractivity contribution is 5.94. The molecule has 2 rings (SSSR count). The van der Waals surface area contributed by atoms with Crippen LogP contribution < -0.4 is 11.1 Å². The standard InChI is InChI=1S/C12H16N2O/c13-11-6-4-10(5-7-11)12(15)14-8-9-2-1-3-9/h4-7,9H,1-3,8,13H2,(H,14,15). The van der Waals surface area contributed by atoms with E-state index in [0.717, 1.165) is 6.54 Å². The van der Waals surface area contributed by atoms with E-state index in [1.54, 1.807) is 24.3 Å². The van der Waals surface area contributed by atoms with Gasteiger partial charge in [-0.2, -0.15) is 0 Å². The molecule has 1 aliphatic rings. The van der Waals surface area contributed by atoms with Gasteiger partial charge in [-0.1, -0.05) is 6.42 Å². The lowest BCUT2D eigenvalue weighted by Gasteiger charge is -2.25. The molecule has 0 heterocycles. The highest BCUT2D eigenvalue weighted by Crippen LogP contribution is 2.25. The molecule has 1 amide bonds. The van der Waals surface area contributed by atoms with E-state index in [9.17, 15) is 4.79 Å². The summed E-state index contributed by atoms with van der Waals surface area (Å²) in [6.07, 6.45) is 3.81. The molecule has 0 atom stereocenters. The van der Waals surface area contributed by atoms with Crippen molar-refractivity contribution in [1.29, 1.82) is 0 Å². The van der Waals surface area contributed by atoms with Crippen LogP contribution in [0.2, 0.25) is 0 Å². The normalized spacial score (nSPS) is 15.7. The van der Waals surface area contributed by atoms with Crippen molar-refractivity contribution in [1.82, 2.24) is 5.32 Å². The number of nitrogens with two attached hydrogens (primary N) is 1. The van der Waals surface area contributed by atoms with Crippen LogP contribution in [0.25, 0.3) is 0 Å². The van der Waals surface area contributed by atoms with Crippen LogP contribution in [0.15, 0.2) is 24.3 Å². The van der Waals surface area contributed by atoms with Crippen molar-refractivity contribution in [3.05, 3.63) is 29.8 Å². The molecule has 0 spiro atoms. The predicted octanol–water partition coefficient (Wildman–Crippen LogP) is 1.80. The highest BCUT2D eigenvalue weighted by atomic mass is 16.1. The van der Waals surface area contributed by atoms with Gasteiger partial charge in [0.05, 0.1) is 0 Å². The van der Waals surface area contributed by atoms with E-state index < -0.39 is 0 Å². The van der Waals surface area contributed by atoms with E-state index in [2.05, 4.69) is 5.32 Å². The number of carbonyl (C=O) groups excluding carboxylic acids is 1. The first-order valence-corrected chi connectivity index (χ1v) is 5.39. The van der Waals surface area contributed by atoms with Gasteiger partial charge >= 0.3 is 0 Å². The van der Waals surface area contributed by atoms with Crippen LogP contribution >= 0.6 is 0 Å². The molecule has 0 radical (unpaired) electrons. The molecular formula is C12H16N2O. The second-order valence-corrected chi connectivity index (χ2v) is 4.13. The molecule has 0 unspecified atom stereocenters. The number of hydrogen-bond acceptors (Lipinski definition) is 2. The molecule has 0 aliphatic heterocycles. The summed E-state index contributed by atoms with van der Waals surface area (Å²) >= 11 is 0. The van der Waals surface area contributed by atoms with E-state index in [0.29, 0.717) is 17.2 Å². The molecule has 3 N–H and O–H groups in total. The molecule has 3 nitrogen and oxygen atoms in total. The van der Waals surface area contributed by atoms with Crippen molar-refractivity contribution in [2.45, 2.75) is 19.3 Å². The number of benzene rings is 1. The lowest BCUT2D eigenvalue weighted by Crippen LogP contribution is -2.32. The van der Waals surface area contributed by atoms with Crippen LogP contribution in [-0.2, 0) is 0 Å². The average Bonchev–Trinajstić information content (AvgIpc) is 2.16. The van der Waals surface area contributed by atoms with Crippen LogP contribution in [0, 0.1) is 5.92 Å². The van der Waals surface area contributed by atoms with Gasteiger partial charge in [0, 0.05) is 17.8 Å². The van der Waals surface area contributed by atoms with Gasteiger partial charge in [0.1, 0.15) is 0 Å². The van der Waals surface area contributed by atoms with Crippen molar-refractivity contribution in [3.63, 3.8) is 0 Å². The van der Waals surface area contributed by atoms with Gasteiger partial charge in [-0.3, -0.25) is 4.79 Å². The first-order chi connectivity index (χ1) is 7.25. The fourth-order valence-electron chi connectivity index (χ4n) is 1.67. The van der Waals surface area contributed by atoms with Crippen molar-refractivity contribution in [2.24, 2.45) is 5.92 Å². The van der Waals surface area contributed by atoms with E-state index >= 15 is 0 Å². The molecule has 0 bridgehead atoms. The Morgan fingerprint density at radius 1 is 1.33 bits per heavy atom. The van der Waals surface area contributed by atoms with Crippen molar-refractivity contribution in [3.8, 4) is 0 Å². The Labute approximate surface area is 89.7 Å². The molecule has 0 saturated heterocycles. The average molecular weight is 204 g/mol. The van der Waals surface area contributed by atoms with Crippen LogP contribution in [0.3, 0.4) is 0 Å². The van der Waals surface area contributed by atoms with E-state index in [-0.39, 0.29) is 5.91 Å². The number of hydrogen-bond donors (Lipinski definition) is 2. The van der Waals surface area contributed by atoms with Crippen molar-refractivity contribution >= 4 is 11.6 Å². The van der Waals surface area contributed by atoms with Crippen molar-refractivity contribution in [2.75, 3.05) is 12.3 Å². The molecule has 1 aromatic rings. The number of amides is 1. The maximum absolute atomic E-state index is 11.6. The molecular weight excluding hydrogens is 188 g/mol. The highest BCUT2D eigenvalue weighted by Gasteiger charge is 2.18. The summed E-state index contributed by atoms with van der Waals surface area (Å²) in [6, 6.07) is 7.01. The molecule has 3 heteroatoms. The first kappa shape index (κ1) is 10.0.